The van der Waals surface area contributed by atoms with Crippen LogP contribution in [0.1, 0.15) is 31.7 Å². The molecule has 2 aromatic rings. The number of nitrogens with zero attached hydrogens (tertiary/aromatic N) is 4. The monoisotopic (exact) mass is 416 g/mol. The second-order valence-electron chi connectivity index (χ2n) is 6.21. The average molecular weight is 417 g/mol. The molecule has 0 saturated heterocycles. The van der Waals surface area contributed by atoms with E-state index in [9.17, 15) is 4.79 Å². The number of fused-ring (bicyclic) bond motifs is 1. The third-order valence-electron chi connectivity index (χ3n) is 4.09. The number of aryl methyl sites for hydroxylation is 1. The minimum absolute atomic E-state index is 0.279. The summed E-state index contributed by atoms with van der Waals surface area (Å²) in [6, 6.07) is 5.53. The molecule has 0 unspecified atom stereocenters. The van der Waals surface area contributed by atoms with Crippen molar-refractivity contribution in [2.75, 3.05) is 26.1 Å². The molecular formula is C20H24N4O4S. The molecule has 154 valence electrons. The van der Waals surface area contributed by atoms with Crippen molar-refractivity contribution in [2.45, 2.75) is 32.3 Å². The first-order chi connectivity index (χ1) is 14.1. The number of methoxy groups -OCH3 is 1. The highest BCUT2D eigenvalue weighted by Crippen LogP contribution is 2.30. The summed E-state index contributed by atoms with van der Waals surface area (Å²) in [6.45, 7) is 6.49. The van der Waals surface area contributed by atoms with Crippen molar-refractivity contribution < 1.29 is 19.0 Å². The highest BCUT2D eigenvalue weighted by Gasteiger charge is 2.24. The highest BCUT2D eigenvalue weighted by molar-refractivity contribution is 7.99. The van der Waals surface area contributed by atoms with Gasteiger partial charge in [0.2, 0.25) is 5.16 Å². The molecule has 3 rings (SSSR count). The van der Waals surface area contributed by atoms with Crippen molar-refractivity contribution in [2.24, 2.45) is 5.10 Å². The predicted octanol–water partition coefficient (Wildman–Crippen LogP) is 3.34. The second kappa shape index (κ2) is 9.60. The molecule has 0 amide bonds. The summed E-state index contributed by atoms with van der Waals surface area (Å²) in [5, 5.41) is 13.4. The van der Waals surface area contributed by atoms with Crippen LogP contribution in [0, 0.1) is 6.92 Å². The molecule has 1 aromatic carbocycles. The molecule has 9 heteroatoms. The number of aromatic nitrogens is 3. The fraction of sp³-hybridized carbons (Fsp3) is 0.400. The Morgan fingerprint density at radius 1 is 1.28 bits per heavy atom. The van der Waals surface area contributed by atoms with Gasteiger partial charge in [-0.1, -0.05) is 24.8 Å². The first-order valence-electron chi connectivity index (χ1n) is 9.40. The van der Waals surface area contributed by atoms with Crippen molar-refractivity contribution >= 4 is 29.5 Å². The largest absolute Gasteiger partial charge is 0.493 e. The van der Waals surface area contributed by atoms with Crippen LogP contribution >= 0.6 is 11.8 Å². The van der Waals surface area contributed by atoms with Crippen molar-refractivity contribution in [3.63, 3.8) is 0 Å². The Hall–Kier alpha value is -2.81. The summed E-state index contributed by atoms with van der Waals surface area (Å²) in [6.07, 6.45) is 2.65. The lowest BCUT2D eigenvalue weighted by molar-refractivity contribution is -0.137. The van der Waals surface area contributed by atoms with Gasteiger partial charge < -0.3 is 14.2 Å². The van der Waals surface area contributed by atoms with Crippen LogP contribution < -0.4 is 9.47 Å². The maximum absolute atomic E-state index is 12.7. The number of esters is 1. The van der Waals surface area contributed by atoms with Gasteiger partial charge in [-0.25, -0.2) is 4.79 Å². The normalized spacial score (nSPS) is 13.5. The van der Waals surface area contributed by atoms with Gasteiger partial charge >= 0.3 is 5.97 Å². The first kappa shape index (κ1) is 20.9. The number of thioether (sulfide) groups is 1. The van der Waals surface area contributed by atoms with Crippen LogP contribution in [0.25, 0.3) is 6.08 Å². The molecule has 0 aliphatic carbocycles. The Labute approximate surface area is 173 Å². The van der Waals surface area contributed by atoms with Gasteiger partial charge in [0.25, 0.3) is 0 Å². The van der Waals surface area contributed by atoms with E-state index in [1.165, 1.54) is 11.8 Å². The maximum Gasteiger partial charge on any atom is 0.340 e. The van der Waals surface area contributed by atoms with Crippen molar-refractivity contribution in [3.05, 3.63) is 35.2 Å². The van der Waals surface area contributed by atoms with Crippen LogP contribution in [0.4, 0.5) is 0 Å². The first-order valence-corrected chi connectivity index (χ1v) is 10.4. The molecule has 0 fully saturated rings. The van der Waals surface area contributed by atoms with Crippen molar-refractivity contribution in [1.82, 2.24) is 14.9 Å². The number of ether oxygens (including phenoxy) is 3. The zero-order chi connectivity index (χ0) is 20.8. The van der Waals surface area contributed by atoms with Gasteiger partial charge in [0.05, 0.1) is 31.6 Å². The Morgan fingerprint density at radius 2 is 2.10 bits per heavy atom. The molecule has 1 aliphatic heterocycles. The zero-order valence-corrected chi connectivity index (χ0v) is 17.8. The molecule has 0 saturated carbocycles. The quantitative estimate of drug-likeness (QED) is 0.482. The molecule has 2 heterocycles. The molecule has 1 aromatic heterocycles. The predicted molar refractivity (Wildman–Crippen MR) is 112 cm³/mol. The van der Waals surface area contributed by atoms with E-state index < -0.39 is 5.97 Å². The van der Waals surface area contributed by atoms with Crippen LogP contribution in [-0.2, 0) is 9.53 Å². The fourth-order valence-electron chi connectivity index (χ4n) is 2.70. The summed E-state index contributed by atoms with van der Waals surface area (Å²) in [4.78, 5) is 12.7. The van der Waals surface area contributed by atoms with E-state index in [4.69, 9.17) is 14.2 Å². The van der Waals surface area contributed by atoms with Crippen molar-refractivity contribution in [1.29, 1.82) is 0 Å². The van der Waals surface area contributed by atoms with Gasteiger partial charge in [0.1, 0.15) is 0 Å². The Kier molecular flexibility index (Phi) is 6.92. The van der Waals surface area contributed by atoms with E-state index in [0.717, 1.165) is 12.0 Å². The third-order valence-corrected chi connectivity index (χ3v) is 5.02. The maximum atomic E-state index is 12.7. The number of hydrogen-bond acceptors (Lipinski definition) is 8. The molecular weight excluding hydrogens is 392 g/mol. The van der Waals surface area contributed by atoms with Gasteiger partial charge in [-0.2, -0.15) is 9.78 Å². The van der Waals surface area contributed by atoms with Crippen LogP contribution in [-0.4, -0.2) is 52.6 Å². The van der Waals surface area contributed by atoms with Crippen LogP contribution in [0.3, 0.4) is 0 Å². The highest BCUT2D eigenvalue weighted by atomic mass is 32.2. The summed E-state index contributed by atoms with van der Waals surface area (Å²) in [5.41, 5.74) is 1.79. The molecule has 1 aliphatic rings. The Bertz CT molecular complexity index is 952. The van der Waals surface area contributed by atoms with Gasteiger partial charge in [-0.3, -0.25) is 0 Å². The molecule has 0 radical (unpaired) electrons. The van der Waals surface area contributed by atoms with Crippen LogP contribution in [0.5, 0.6) is 11.5 Å². The number of carbonyl (C=O) groups excluding carboxylic acids is 1. The van der Waals surface area contributed by atoms with Crippen molar-refractivity contribution in [3.8, 4) is 11.5 Å². The average Bonchev–Trinajstić information content (AvgIpc) is 3.11. The lowest BCUT2D eigenvalue weighted by Gasteiger charge is -2.15. The van der Waals surface area contributed by atoms with Crippen LogP contribution in [0.15, 0.2) is 34.0 Å². The van der Waals surface area contributed by atoms with E-state index in [0.29, 0.717) is 46.1 Å². The Balaban J connectivity index is 2.02. The molecule has 0 N–H and O–H groups in total. The van der Waals surface area contributed by atoms with E-state index in [1.807, 2.05) is 32.0 Å². The van der Waals surface area contributed by atoms with E-state index >= 15 is 0 Å². The second-order valence-corrected chi connectivity index (χ2v) is 7.16. The van der Waals surface area contributed by atoms with E-state index in [1.54, 1.807) is 24.8 Å². The molecule has 0 atom stereocenters. The van der Waals surface area contributed by atoms with Gasteiger partial charge in [-0.15, -0.1) is 10.2 Å². The minimum atomic E-state index is -0.423. The molecule has 29 heavy (non-hydrogen) atoms. The fourth-order valence-corrected chi connectivity index (χ4v) is 3.57. The summed E-state index contributed by atoms with van der Waals surface area (Å²) >= 11 is 1.48. The number of rotatable bonds is 8. The zero-order valence-electron chi connectivity index (χ0n) is 17.0. The third kappa shape index (κ3) is 4.79. The molecule has 0 bridgehead atoms. The minimum Gasteiger partial charge on any atom is -0.493 e. The summed E-state index contributed by atoms with van der Waals surface area (Å²) in [7, 11) is 1.60. The van der Waals surface area contributed by atoms with Gasteiger partial charge in [-0.05, 0) is 44.0 Å². The SMILES string of the molecule is CCCOc1cc(/C=C(\C(=O)OCC)C2=Nn3c(C)nnc3SC2)ccc1OC. The lowest BCUT2D eigenvalue weighted by atomic mass is 10.1. The molecule has 8 nitrogen and oxygen atoms in total. The van der Waals surface area contributed by atoms with E-state index in [2.05, 4.69) is 15.3 Å². The smallest absolute Gasteiger partial charge is 0.340 e. The number of carbonyl (C=O) groups is 1. The topological polar surface area (TPSA) is 87.8 Å². The summed E-state index contributed by atoms with van der Waals surface area (Å²) < 4.78 is 18.1. The standard InChI is InChI=1S/C20H24N4O4S/c1-5-9-28-18-11-14(7-8-17(18)26-4)10-15(19(25)27-6-2)16-12-29-20-22-21-13(3)24(20)23-16/h7-8,10-11H,5-6,9,12H2,1-4H3/b15-10-. The lowest BCUT2D eigenvalue weighted by Crippen LogP contribution is -2.21. The molecule has 0 spiro atoms. The Morgan fingerprint density at radius 3 is 2.83 bits per heavy atom. The number of benzene rings is 1. The van der Waals surface area contributed by atoms with E-state index in [-0.39, 0.29) is 6.61 Å². The van der Waals surface area contributed by atoms with Gasteiger partial charge in [0.15, 0.2) is 17.3 Å². The summed E-state index contributed by atoms with van der Waals surface area (Å²) in [5.74, 6) is 2.00. The van der Waals surface area contributed by atoms with Crippen LogP contribution in [0.2, 0.25) is 0 Å². The number of hydrogen-bond donors (Lipinski definition) is 0. The van der Waals surface area contributed by atoms with Gasteiger partial charge in [0, 0.05) is 5.75 Å².